The summed E-state index contributed by atoms with van der Waals surface area (Å²) in [5.41, 5.74) is 7.14. The molecule has 0 amide bonds. The molecule has 0 saturated heterocycles. The van der Waals surface area contributed by atoms with Gasteiger partial charge in [-0.15, -0.1) is 0 Å². The fourth-order valence-corrected chi connectivity index (χ4v) is 5.37. The van der Waals surface area contributed by atoms with Gasteiger partial charge in [-0.3, -0.25) is 0 Å². The van der Waals surface area contributed by atoms with Crippen LogP contribution in [0, 0.1) is 5.92 Å². The summed E-state index contributed by atoms with van der Waals surface area (Å²) in [7, 11) is 0. The average molecular weight is 403 g/mol. The lowest BCUT2D eigenvalue weighted by molar-refractivity contribution is 0.504. The molecule has 5 rings (SSSR count). The van der Waals surface area contributed by atoms with E-state index in [1.807, 2.05) is 0 Å². The van der Waals surface area contributed by atoms with Crippen molar-refractivity contribution in [2.75, 3.05) is 0 Å². The number of hydrogen-bond donors (Lipinski definition) is 0. The van der Waals surface area contributed by atoms with Crippen LogP contribution in [0.3, 0.4) is 0 Å². The van der Waals surface area contributed by atoms with E-state index in [1.165, 1.54) is 27.8 Å². The van der Waals surface area contributed by atoms with Crippen LogP contribution in [0.2, 0.25) is 0 Å². The Balaban J connectivity index is 1.68. The number of fused-ring (bicyclic) bond motifs is 1. The van der Waals surface area contributed by atoms with Gasteiger partial charge in [0.2, 0.25) is 0 Å². The van der Waals surface area contributed by atoms with E-state index < -0.39 is 0 Å². The van der Waals surface area contributed by atoms with Crippen molar-refractivity contribution in [3.8, 4) is 0 Å². The highest BCUT2D eigenvalue weighted by Gasteiger charge is 2.36. The number of rotatable bonds is 6. The van der Waals surface area contributed by atoms with Crippen LogP contribution in [0.15, 0.2) is 132 Å². The minimum Gasteiger partial charge on any atom is -0.0840 e. The van der Waals surface area contributed by atoms with Crippen LogP contribution < -0.4 is 0 Å². The lowest BCUT2D eigenvalue weighted by atomic mass is 9.65. The maximum atomic E-state index is 2.45. The molecule has 0 heteroatoms. The zero-order valence-corrected chi connectivity index (χ0v) is 18.1. The average Bonchev–Trinajstić information content (AvgIpc) is 2.85. The largest absolute Gasteiger partial charge is 0.0840 e. The predicted molar refractivity (Wildman–Crippen MR) is 132 cm³/mol. The van der Waals surface area contributed by atoms with Gasteiger partial charge in [-0.2, -0.15) is 0 Å². The van der Waals surface area contributed by atoms with E-state index in [0.717, 1.165) is 32.1 Å². The molecular formula is C31H30. The molecule has 1 atom stereocenters. The molecule has 0 heterocycles. The Morgan fingerprint density at radius 2 is 1.45 bits per heavy atom. The van der Waals surface area contributed by atoms with E-state index >= 15 is 0 Å². The fourth-order valence-electron chi connectivity index (χ4n) is 5.37. The van der Waals surface area contributed by atoms with Gasteiger partial charge in [0.05, 0.1) is 0 Å². The molecule has 3 aliphatic carbocycles. The molecule has 0 radical (unpaired) electrons. The van der Waals surface area contributed by atoms with Crippen molar-refractivity contribution in [3.05, 3.63) is 143 Å². The minimum absolute atomic E-state index is 0.0976. The molecule has 0 fully saturated rings. The summed E-state index contributed by atoms with van der Waals surface area (Å²) < 4.78 is 0. The Morgan fingerprint density at radius 1 is 0.710 bits per heavy atom. The van der Waals surface area contributed by atoms with Crippen LogP contribution >= 0.6 is 0 Å². The smallest absolute Gasteiger partial charge is 0.0283 e. The lowest BCUT2D eigenvalue weighted by Crippen LogP contribution is -2.30. The third-order valence-corrected chi connectivity index (χ3v) is 6.93. The summed E-state index contributed by atoms with van der Waals surface area (Å²) in [6.45, 7) is 0. The van der Waals surface area contributed by atoms with E-state index in [-0.39, 0.29) is 5.41 Å². The first kappa shape index (κ1) is 19.8. The van der Waals surface area contributed by atoms with Gasteiger partial charge in [0.25, 0.3) is 0 Å². The normalized spacial score (nSPS) is 20.0. The van der Waals surface area contributed by atoms with Gasteiger partial charge in [0.15, 0.2) is 0 Å². The second kappa shape index (κ2) is 8.94. The maximum Gasteiger partial charge on any atom is 0.0283 e. The Kier molecular flexibility index (Phi) is 5.71. The van der Waals surface area contributed by atoms with Crippen LogP contribution in [0.1, 0.15) is 43.2 Å². The van der Waals surface area contributed by atoms with Gasteiger partial charge in [-0.1, -0.05) is 121 Å². The van der Waals surface area contributed by atoms with Crippen molar-refractivity contribution >= 4 is 0 Å². The monoisotopic (exact) mass is 402 g/mol. The van der Waals surface area contributed by atoms with Crippen molar-refractivity contribution in [2.24, 2.45) is 5.92 Å². The molecule has 2 aromatic carbocycles. The van der Waals surface area contributed by atoms with Gasteiger partial charge < -0.3 is 0 Å². The molecule has 0 N–H and O–H groups in total. The van der Waals surface area contributed by atoms with Crippen LogP contribution in [0.5, 0.6) is 0 Å². The SMILES string of the molecule is C1=CC2=C(CC(CC3=CCCC=C3)(c3ccccc3)c3ccccc3)C=CCC2C=C1. The summed E-state index contributed by atoms with van der Waals surface area (Å²) in [4.78, 5) is 0. The third-order valence-electron chi connectivity index (χ3n) is 6.93. The molecule has 0 spiro atoms. The van der Waals surface area contributed by atoms with Crippen molar-refractivity contribution in [2.45, 2.75) is 37.5 Å². The van der Waals surface area contributed by atoms with Crippen molar-refractivity contribution in [1.82, 2.24) is 0 Å². The van der Waals surface area contributed by atoms with E-state index in [0.29, 0.717) is 5.92 Å². The van der Waals surface area contributed by atoms with Gasteiger partial charge in [0.1, 0.15) is 0 Å². The molecule has 31 heavy (non-hydrogen) atoms. The zero-order valence-electron chi connectivity index (χ0n) is 18.1. The number of allylic oxidation sites excluding steroid dienone is 12. The Morgan fingerprint density at radius 3 is 2.13 bits per heavy atom. The summed E-state index contributed by atoms with van der Waals surface area (Å²) in [5, 5.41) is 0. The highest BCUT2D eigenvalue weighted by molar-refractivity contribution is 5.50. The van der Waals surface area contributed by atoms with Crippen LogP contribution in [-0.2, 0) is 5.41 Å². The lowest BCUT2D eigenvalue weighted by Gasteiger charge is -2.38. The minimum atomic E-state index is -0.0976. The highest BCUT2D eigenvalue weighted by Crippen LogP contribution is 2.46. The maximum absolute atomic E-state index is 2.45. The predicted octanol–water partition coefficient (Wildman–Crippen LogP) is 8.03. The molecule has 0 aromatic heterocycles. The van der Waals surface area contributed by atoms with Crippen molar-refractivity contribution in [1.29, 1.82) is 0 Å². The highest BCUT2D eigenvalue weighted by atomic mass is 14.4. The van der Waals surface area contributed by atoms with Gasteiger partial charge in [-0.25, -0.2) is 0 Å². The van der Waals surface area contributed by atoms with Gasteiger partial charge in [-0.05, 0) is 54.4 Å². The molecule has 1 unspecified atom stereocenters. The zero-order chi connectivity index (χ0) is 20.9. The van der Waals surface area contributed by atoms with E-state index in [9.17, 15) is 0 Å². The van der Waals surface area contributed by atoms with Crippen LogP contribution in [0.4, 0.5) is 0 Å². The summed E-state index contributed by atoms with van der Waals surface area (Å²) in [5.74, 6) is 0.517. The molecule has 3 aliphatic rings. The quantitative estimate of drug-likeness (QED) is 0.459. The number of benzene rings is 2. The van der Waals surface area contributed by atoms with Crippen LogP contribution in [-0.4, -0.2) is 0 Å². The van der Waals surface area contributed by atoms with E-state index in [2.05, 4.69) is 115 Å². The van der Waals surface area contributed by atoms with Crippen molar-refractivity contribution < 1.29 is 0 Å². The van der Waals surface area contributed by atoms with Gasteiger partial charge >= 0.3 is 0 Å². The first-order valence-electron chi connectivity index (χ1n) is 11.6. The van der Waals surface area contributed by atoms with Crippen molar-refractivity contribution in [3.63, 3.8) is 0 Å². The van der Waals surface area contributed by atoms with E-state index in [4.69, 9.17) is 0 Å². The molecule has 0 nitrogen and oxygen atoms in total. The molecule has 0 aliphatic heterocycles. The Bertz CT molecular complexity index is 1050. The summed E-state index contributed by atoms with van der Waals surface area (Å²) in [6.07, 6.45) is 26.4. The van der Waals surface area contributed by atoms with E-state index in [1.54, 1.807) is 0 Å². The van der Waals surface area contributed by atoms with Crippen LogP contribution in [0.25, 0.3) is 0 Å². The molecule has 0 bridgehead atoms. The first-order chi connectivity index (χ1) is 15.4. The second-order valence-corrected chi connectivity index (χ2v) is 8.90. The Labute approximate surface area is 186 Å². The molecule has 0 saturated carbocycles. The summed E-state index contributed by atoms with van der Waals surface area (Å²) >= 11 is 0. The molecule has 2 aromatic rings. The molecule has 154 valence electrons. The third kappa shape index (κ3) is 4.08. The Hall–Kier alpha value is -3.12. The summed E-state index contributed by atoms with van der Waals surface area (Å²) in [6, 6.07) is 22.3. The fraction of sp³-hybridized carbons (Fsp3) is 0.226. The standard InChI is InChI=1S/C31H30/c1-4-13-25(14-5-1)23-31(28-18-6-2-7-19-28,29-20-8-3-9-21-29)24-27-17-12-16-26-15-10-11-22-30(26)27/h2-4,6-15,17-22,26H,1,5,16,23-24H2. The topological polar surface area (TPSA) is 0 Å². The number of hydrogen-bond acceptors (Lipinski definition) is 0. The molecular weight excluding hydrogens is 372 g/mol. The van der Waals surface area contributed by atoms with Gasteiger partial charge in [0, 0.05) is 11.3 Å². The first-order valence-corrected chi connectivity index (χ1v) is 11.6. The second-order valence-electron chi connectivity index (χ2n) is 8.90.